The van der Waals surface area contributed by atoms with Gasteiger partial charge >= 0.3 is 24.4 Å². The van der Waals surface area contributed by atoms with Crippen LogP contribution in [0.5, 0.6) is 0 Å². The van der Waals surface area contributed by atoms with Crippen molar-refractivity contribution in [1.82, 2.24) is 20.0 Å². The number of ether oxygens (including phenoxy) is 4. The van der Waals surface area contributed by atoms with Gasteiger partial charge in [0.15, 0.2) is 0 Å². The average Bonchev–Trinajstić information content (AvgIpc) is 2.98. The van der Waals surface area contributed by atoms with Crippen LogP contribution in [0.3, 0.4) is 0 Å². The first kappa shape index (κ1) is 47.3. The monoisotopic (exact) mass is 749 g/mol. The van der Waals surface area contributed by atoms with Crippen LogP contribution in [0.1, 0.15) is 140 Å². The molecule has 12 heteroatoms. The molecule has 0 aliphatic carbocycles. The summed E-state index contributed by atoms with van der Waals surface area (Å²) in [6.45, 7) is 25.4. The van der Waals surface area contributed by atoms with Crippen LogP contribution in [0.15, 0.2) is 30.3 Å². The normalized spacial score (nSPS) is 12.1. The smallest absolute Gasteiger partial charge is 0.410 e. The van der Waals surface area contributed by atoms with E-state index in [1.165, 1.54) is 0 Å². The van der Waals surface area contributed by atoms with Gasteiger partial charge in [-0.1, -0.05) is 56.0 Å². The van der Waals surface area contributed by atoms with Crippen molar-refractivity contribution in [3.8, 4) is 0 Å². The Morgan fingerprint density at radius 1 is 0.472 bits per heavy atom. The van der Waals surface area contributed by atoms with Crippen LogP contribution in [-0.2, 0) is 25.5 Å². The molecule has 0 radical (unpaired) electrons. The Balaban J connectivity index is 2.64. The Labute approximate surface area is 320 Å². The highest BCUT2D eigenvalue weighted by molar-refractivity contribution is 5.69. The molecule has 53 heavy (non-hydrogen) atoms. The Morgan fingerprint density at radius 2 is 0.830 bits per heavy atom. The van der Waals surface area contributed by atoms with E-state index in [2.05, 4.69) is 5.32 Å². The van der Waals surface area contributed by atoms with Crippen molar-refractivity contribution >= 4 is 24.4 Å². The predicted octanol–water partition coefficient (Wildman–Crippen LogP) is 9.54. The van der Waals surface area contributed by atoms with Crippen molar-refractivity contribution in [2.45, 2.75) is 163 Å². The number of nitrogens with zero attached hydrogens (tertiary/aromatic N) is 3. The van der Waals surface area contributed by atoms with E-state index in [1.54, 1.807) is 14.7 Å². The zero-order valence-electron chi connectivity index (χ0n) is 35.1. The standard InChI is InChI=1S/C41H72N4O8/c1-38(2,3)50-34(46)42-26-22-29-43(35(47)51-39(4,5)6)27-20-15-13-14-16-21-28-44(36(48)52-40(7,8)9)30-23-31-45(37(49)53-41(10,11)12)32-33-24-18-17-19-25-33/h17-19,24-25H,13-16,20-23,26-32H2,1-12H3,(H,42,46). The maximum absolute atomic E-state index is 13.2. The molecule has 0 atom stereocenters. The molecule has 0 fully saturated rings. The van der Waals surface area contributed by atoms with Gasteiger partial charge in [-0.2, -0.15) is 0 Å². The summed E-state index contributed by atoms with van der Waals surface area (Å²) in [7, 11) is 0. The average molecular weight is 749 g/mol. The minimum Gasteiger partial charge on any atom is -0.444 e. The van der Waals surface area contributed by atoms with Crippen molar-refractivity contribution in [2.75, 3.05) is 39.3 Å². The quantitative estimate of drug-likeness (QED) is 0.110. The van der Waals surface area contributed by atoms with Gasteiger partial charge in [-0.25, -0.2) is 19.2 Å². The summed E-state index contributed by atoms with van der Waals surface area (Å²) in [5, 5.41) is 2.75. The minimum absolute atomic E-state index is 0.354. The molecule has 304 valence electrons. The van der Waals surface area contributed by atoms with Crippen LogP contribution in [0, 0.1) is 0 Å². The highest BCUT2D eigenvalue weighted by Gasteiger charge is 2.25. The fourth-order valence-electron chi connectivity index (χ4n) is 5.15. The number of benzene rings is 1. The second-order valence-electron chi connectivity index (χ2n) is 17.6. The number of hydrogen-bond acceptors (Lipinski definition) is 8. The van der Waals surface area contributed by atoms with Crippen molar-refractivity contribution in [2.24, 2.45) is 0 Å². The number of amides is 4. The Bertz CT molecular complexity index is 1230. The van der Waals surface area contributed by atoms with E-state index < -0.39 is 28.5 Å². The van der Waals surface area contributed by atoms with Gasteiger partial charge in [-0.3, -0.25) is 0 Å². The molecule has 0 aliphatic heterocycles. The van der Waals surface area contributed by atoms with Gasteiger partial charge in [0.1, 0.15) is 22.4 Å². The molecule has 12 nitrogen and oxygen atoms in total. The molecule has 0 unspecified atom stereocenters. The van der Waals surface area contributed by atoms with Crippen LogP contribution in [0.4, 0.5) is 19.2 Å². The van der Waals surface area contributed by atoms with Gasteiger partial charge in [-0.15, -0.1) is 0 Å². The zero-order valence-corrected chi connectivity index (χ0v) is 35.1. The van der Waals surface area contributed by atoms with E-state index in [4.69, 9.17) is 18.9 Å². The second-order valence-corrected chi connectivity index (χ2v) is 17.6. The summed E-state index contributed by atoms with van der Waals surface area (Å²) >= 11 is 0. The number of hydrogen-bond donors (Lipinski definition) is 1. The SMILES string of the molecule is CC(C)(C)OC(=O)NCCCN(CCCCCCCCN(CCCN(Cc1ccccc1)C(=O)OC(C)(C)C)C(=O)OC(C)(C)C)C(=O)OC(C)(C)C. The van der Waals surface area contributed by atoms with Gasteiger partial charge in [-0.05, 0) is 114 Å². The molecule has 0 saturated heterocycles. The molecule has 0 spiro atoms. The Morgan fingerprint density at radius 3 is 1.26 bits per heavy atom. The first-order valence-corrected chi connectivity index (χ1v) is 19.4. The molecule has 1 aromatic rings. The lowest BCUT2D eigenvalue weighted by molar-refractivity contribution is 0.0187. The fourth-order valence-corrected chi connectivity index (χ4v) is 5.15. The van der Waals surface area contributed by atoms with Gasteiger partial charge in [0, 0.05) is 45.8 Å². The molecule has 4 amide bonds. The number of carbonyl (C=O) groups is 4. The lowest BCUT2D eigenvalue weighted by atomic mass is 10.1. The largest absolute Gasteiger partial charge is 0.444 e. The van der Waals surface area contributed by atoms with Crippen molar-refractivity contribution in [3.63, 3.8) is 0 Å². The molecule has 1 rings (SSSR count). The maximum Gasteiger partial charge on any atom is 0.410 e. The summed E-state index contributed by atoms with van der Waals surface area (Å²) in [6.07, 6.45) is 5.16. The zero-order chi connectivity index (χ0) is 40.3. The Kier molecular flexibility index (Phi) is 20.1. The minimum atomic E-state index is -0.618. The third kappa shape index (κ3) is 25.0. The van der Waals surface area contributed by atoms with Crippen LogP contribution >= 0.6 is 0 Å². The topological polar surface area (TPSA) is 127 Å². The molecule has 0 bridgehead atoms. The Hall–Kier alpha value is -3.70. The third-order valence-electron chi connectivity index (χ3n) is 7.41. The van der Waals surface area contributed by atoms with Crippen molar-refractivity contribution in [3.05, 3.63) is 35.9 Å². The summed E-state index contributed by atoms with van der Waals surface area (Å²) in [6, 6.07) is 9.80. The molecular weight excluding hydrogens is 676 g/mol. The molecule has 1 N–H and O–H groups in total. The van der Waals surface area contributed by atoms with E-state index >= 15 is 0 Å². The van der Waals surface area contributed by atoms with Crippen molar-refractivity contribution < 1.29 is 38.1 Å². The second kappa shape index (κ2) is 22.5. The van der Waals surface area contributed by atoms with Crippen LogP contribution < -0.4 is 5.32 Å². The number of alkyl carbamates (subject to hydrolysis) is 1. The third-order valence-corrected chi connectivity index (χ3v) is 7.41. The fraction of sp³-hybridized carbons (Fsp3) is 0.756. The summed E-state index contributed by atoms with van der Waals surface area (Å²) in [5.41, 5.74) is -1.40. The number of rotatable bonds is 19. The summed E-state index contributed by atoms with van der Waals surface area (Å²) in [4.78, 5) is 56.3. The molecular formula is C41H72N4O8. The van der Waals surface area contributed by atoms with Gasteiger partial charge in [0.25, 0.3) is 0 Å². The first-order valence-electron chi connectivity index (χ1n) is 19.4. The van der Waals surface area contributed by atoms with Gasteiger partial charge in [0.05, 0.1) is 0 Å². The highest BCUT2D eigenvalue weighted by Crippen LogP contribution is 2.17. The van der Waals surface area contributed by atoms with Crippen LogP contribution in [-0.4, -0.2) is 101 Å². The molecule has 0 heterocycles. The summed E-state index contributed by atoms with van der Waals surface area (Å²) in [5.74, 6) is 0. The molecule has 0 aromatic heterocycles. The lowest BCUT2D eigenvalue weighted by Crippen LogP contribution is -2.41. The number of carbonyl (C=O) groups excluding carboxylic acids is 4. The molecule has 1 aromatic carbocycles. The van der Waals surface area contributed by atoms with E-state index in [0.29, 0.717) is 58.7 Å². The van der Waals surface area contributed by atoms with E-state index in [9.17, 15) is 19.2 Å². The molecule has 0 saturated carbocycles. The van der Waals surface area contributed by atoms with E-state index in [0.717, 1.165) is 44.1 Å². The predicted molar refractivity (Wildman–Crippen MR) is 210 cm³/mol. The van der Waals surface area contributed by atoms with Crippen LogP contribution in [0.25, 0.3) is 0 Å². The van der Waals surface area contributed by atoms with Gasteiger partial charge < -0.3 is 39.0 Å². The number of unbranched alkanes of at least 4 members (excludes halogenated alkanes) is 5. The maximum atomic E-state index is 13.2. The lowest BCUT2D eigenvalue weighted by Gasteiger charge is -2.30. The van der Waals surface area contributed by atoms with Crippen LogP contribution in [0.2, 0.25) is 0 Å². The summed E-state index contributed by atoms with van der Waals surface area (Å²) < 4.78 is 22.3. The van der Waals surface area contributed by atoms with Crippen molar-refractivity contribution in [1.29, 1.82) is 0 Å². The van der Waals surface area contributed by atoms with Gasteiger partial charge in [0.2, 0.25) is 0 Å². The number of nitrogens with one attached hydrogen (secondary N) is 1. The van der Waals surface area contributed by atoms with E-state index in [1.807, 2.05) is 113 Å². The highest BCUT2D eigenvalue weighted by atomic mass is 16.6. The van der Waals surface area contributed by atoms with E-state index in [-0.39, 0.29) is 18.3 Å². The first-order chi connectivity index (χ1) is 24.4. The molecule has 0 aliphatic rings.